The molecule has 3 heterocycles. The summed E-state index contributed by atoms with van der Waals surface area (Å²) in [5, 5.41) is 7.62. The second kappa shape index (κ2) is 6.68. The molecular formula is C18H28N4O2S. The maximum Gasteiger partial charge on any atom is 0.346 e. The largest absolute Gasteiger partial charge is 0.370 e. The van der Waals surface area contributed by atoms with E-state index in [9.17, 15) is 4.79 Å². The highest BCUT2D eigenvalue weighted by Crippen LogP contribution is 2.33. The second-order valence-electron chi connectivity index (χ2n) is 8.20. The van der Waals surface area contributed by atoms with E-state index in [0.29, 0.717) is 12.5 Å². The van der Waals surface area contributed by atoms with E-state index in [0.717, 1.165) is 29.6 Å². The lowest BCUT2D eigenvalue weighted by atomic mass is 9.93. The summed E-state index contributed by atoms with van der Waals surface area (Å²) in [6.45, 7) is 13.7. The molecule has 138 valence electrons. The molecule has 0 radical (unpaired) electrons. The van der Waals surface area contributed by atoms with Crippen molar-refractivity contribution in [1.29, 1.82) is 0 Å². The van der Waals surface area contributed by atoms with Gasteiger partial charge in [0.05, 0.1) is 12.2 Å². The number of ether oxygens (including phenoxy) is 1. The molecule has 0 aliphatic carbocycles. The van der Waals surface area contributed by atoms with Crippen LogP contribution in [0.3, 0.4) is 0 Å². The number of aromatic nitrogens is 4. The van der Waals surface area contributed by atoms with E-state index in [-0.39, 0.29) is 23.3 Å². The predicted octanol–water partition coefficient (Wildman–Crippen LogP) is 3.53. The van der Waals surface area contributed by atoms with Gasteiger partial charge in [0.25, 0.3) is 0 Å². The van der Waals surface area contributed by atoms with Crippen molar-refractivity contribution >= 4 is 11.3 Å². The van der Waals surface area contributed by atoms with Crippen LogP contribution in [0.2, 0.25) is 0 Å². The Balaban J connectivity index is 1.94. The smallest absolute Gasteiger partial charge is 0.346 e. The lowest BCUT2D eigenvalue weighted by Crippen LogP contribution is -2.28. The molecule has 0 N–H and O–H groups in total. The Kier molecular flexibility index (Phi) is 4.90. The van der Waals surface area contributed by atoms with Gasteiger partial charge in [-0.15, -0.1) is 11.3 Å². The number of rotatable bonds is 4. The summed E-state index contributed by atoms with van der Waals surface area (Å²) < 4.78 is 9.17. The van der Waals surface area contributed by atoms with Crippen molar-refractivity contribution in [3.05, 3.63) is 32.4 Å². The zero-order valence-corrected chi connectivity index (χ0v) is 16.8. The summed E-state index contributed by atoms with van der Waals surface area (Å²) in [5.74, 6) is 1.12. The second-order valence-corrected chi connectivity index (χ2v) is 9.14. The van der Waals surface area contributed by atoms with Gasteiger partial charge in [0.1, 0.15) is 11.1 Å². The van der Waals surface area contributed by atoms with Crippen LogP contribution in [0, 0.1) is 5.92 Å². The molecule has 1 saturated heterocycles. The molecule has 0 spiro atoms. The van der Waals surface area contributed by atoms with Crippen LogP contribution >= 0.6 is 11.3 Å². The minimum atomic E-state index is -0.0993. The van der Waals surface area contributed by atoms with Gasteiger partial charge in [-0.3, -0.25) is 4.57 Å². The minimum absolute atomic E-state index is 0.00921. The van der Waals surface area contributed by atoms with E-state index in [1.54, 1.807) is 15.9 Å². The molecule has 1 aliphatic rings. The van der Waals surface area contributed by atoms with Gasteiger partial charge in [-0.2, -0.15) is 5.10 Å². The van der Waals surface area contributed by atoms with Crippen molar-refractivity contribution in [3.8, 4) is 0 Å². The number of thiazole rings is 1. The fourth-order valence-corrected chi connectivity index (χ4v) is 4.10. The Morgan fingerprint density at radius 1 is 1.40 bits per heavy atom. The molecule has 2 aromatic rings. The van der Waals surface area contributed by atoms with Gasteiger partial charge in [-0.25, -0.2) is 14.5 Å². The van der Waals surface area contributed by atoms with E-state index >= 15 is 0 Å². The zero-order valence-electron chi connectivity index (χ0n) is 15.9. The van der Waals surface area contributed by atoms with Crippen LogP contribution in [0.5, 0.6) is 0 Å². The zero-order chi connectivity index (χ0) is 18.4. The third kappa shape index (κ3) is 3.58. The monoisotopic (exact) mass is 364 g/mol. The first kappa shape index (κ1) is 18.3. The molecule has 2 aromatic heterocycles. The standard InChI is InChI=1S/C18H28N4O2S/c1-11(2)22-16(15-12(3)7-8-24-15)20-21(17(22)23)9-14-19-13(10-25-14)18(4,5)6/h10-12,15H,7-9H2,1-6H3/t12-,15+/m1/s1. The number of hydrogen-bond acceptors (Lipinski definition) is 5. The Morgan fingerprint density at radius 3 is 2.64 bits per heavy atom. The maximum absolute atomic E-state index is 12.9. The lowest BCUT2D eigenvalue weighted by Gasteiger charge is -2.16. The fourth-order valence-electron chi connectivity index (χ4n) is 3.10. The third-order valence-electron chi connectivity index (χ3n) is 4.66. The lowest BCUT2D eigenvalue weighted by molar-refractivity contribution is 0.0825. The Morgan fingerprint density at radius 2 is 2.12 bits per heavy atom. The average molecular weight is 365 g/mol. The summed E-state index contributed by atoms with van der Waals surface area (Å²) in [4.78, 5) is 17.6. The summed E-state index contributed by atoms with van der Waals surface area (Å²) in [6, 6.07) is 0.0501. The van der Waals surface area contributed by atoms with Gasteiger partial charge in [0.15, 0.2) is 5.82 Å². The van der Waals surface area contributed by atoms with Crippen LogP contribution in [-0.4, -0.2) is 25.9 Å². The van der Waals surface area contributed by atoms with Crippen molar-refractivity contribution in [2.24, 2.45) is 5.92 Å². The predicted molar refractivity (Wildman–Crippen MR) is 99.3 cm³/mol. The Hall–Kier alpha value is -1.47. The molecule has 0 bridgehead atoms. The van der Waals surface area contributed by atoms with Crippen LogP contribution in [0.25, 0.3) is 0 Å². The molecule has 2 atom stereocenters. The first-order valence-electron chi connectivity index (χ1n) is 8.94. The molecule has 0 saturated carbocycles. The molecular weight excluding hydrogens is 336 g/mol. The van der Waals surface area contributed by atoms with Gasteiger partial charge in [-0.05, 0) is 26.2 Å². The van der Waals surface area contributed by atoms with Gasteiger partial charge < -0.3 is 4.74 Å². The van der Waals surface area contributed by atoms with E-state index in [1.165, 1.54) is 4.68 Å². The third-order valence-corrected chi connectivity index (χ3v) is 5.49. The van der Waals surface area contributed by atoms with E-state index in [2.05, 4.69) is 38.2 Å². The quantitative estimate of drug-likeness (QED) is 0.833. The molecule has 0 aromatic carbocycles. The van der Waals surface area contributed by atoms with Crippen LogP contribution in [-0.2, 0) is 16.7 Å². The van der Waals surface area contributed by atoms with Crippen molar-refractivity contribution < 1.29 is 4.74 Å². The summed E-state index contributed by atoms with van der Waals surface area (Å²) >= 11 is 1.58. The normalized spacial score (nSPS) is 21.4. The molecule has 0 amide bonds. The fraction of sp³-hybridized carbons (Fsp3) is 0.722. The SMILES string of the molecule is CC(C)n1c([C@H]2OCC[C@H]2C)nn(Cc2nc(C(C)(C)C)cs2)c1=O. The van der Waals surface area contributed by atoms with Crippen LogP contribution in [0.1, 0.15) is 76.6 Å². The highest BCUT2D eigenvalue weighted by molar-refractivity contribution is 7.09. The molecule has 6 nitrogen and oxygen atoms in total. The van der Waals surface area contributed by atoms with E-state index < -0.39 is 0 Å². The number of nitrogens with zero attached hydrogens (tertiary/aromatic N) is 4. The van der Waals surface area contributed by atoms with Gasteiger partial charge in [0, 0.05) is 23.4 Å². The first-order valence-corrected chi connectivity index (χ1v) is 9.82. The molecule has 25 heavy (non-hydrogen) atoms. The highest BCUT2D eigenvalue weighted by atomic mass is 32.1. The van der Waals surface area contributed by atoms with Crippen LogP contribution < -0.4 is 5.69 Å². The summed E-state index contributed by atoms with van der Waals surface area (Å²) in [6.07, 6.45) is 0.906. The Bertz CT molecular complexity index is 797. The maximum atomic E-state index is 12.9. The van der Waals surface area contributed by atoms with Crippen molar-refractivity contribution in [1.82, 2.24) is 19.3 Å². The summed E-state index contributed by atoms with van der Waals surface area (Å²) in [5.41, 5.74) is 0.979. The Labute approximate surface area is 152 Å². The molecule has 0 unspecified atom stereocenters. The molecule has 1 aliphatic heterocycles. The van der Waals surface area contributed by atoms with E-state index in [4.69, 9.17) is 9.72 Å². The van der Waals surface area contributed by atoms with Crippen LogP contribution in [0.15, 0.2) is 10.2 Å². The van der Waals surface area contributed by atoms with Crippen LogP contribution in [0.4, 0.5) is 0 Å². The van der Waals surface area contributed by atoms with Crippen molar-refractivity contribution in [3.63, 3.8) is 0 Å². The highest BCUT2D eigenvalue weighted by Gasteiger charge is 2.32. The molecule has 3 rings (SSSR count). The van der Waals surface area contributed by atoms with Gasteiger partial charge in [-0.1, -0.05) is 27.7 Å². The summed E-state index contributed by atoms with van der Waals surface area (Å²) in [7, 11) is 0. The number of hydrogen-bond donors (Lipinski definition) is 0. The van der Waals surface area contributed by atoms with E-state index in [1.807, 2.05) is 13.8 Å². The molecule has 1 fully saturated rings. The first-order chi connectivity index (χ1) is 11.7. The minimum Gasteiger partial charge on any atom is -0.370 e. The van der Waals surface area contributed by atoms with Crippen molar-refractivity contribution in [2.75, 3.05) is 6.61 Å². The van der Waals surface area contributed by atoms with Gasteiger partial charge >= 0.3 is 5.69 Å². The van der Waals surface area contributed by atoms with Crippen molar-refractivity contribution in [2.45, 2.75) is 72.1 Å². The van der Waals surface area contributed by atoms with Gasteiger partial charge in [0.2, 0.25) is 0 Å². The molecule has 7 heteroatoms. The average Bonchev–Trinajstić information content (AvgIpc) is 3.19. The topological polar surface area (TPSA) is 61.9 Å².